The number of nitrogens with zero attached hydrogens (tertiary/aromatic N) is 1. The summed E-state index contributed by atoms with van der Waals surface area (Å²) in [6.07, 6.45) is 0. The number of hydrogen-bond donors (Lipinski definition) is 1. The first-order valence-electron chi connectivity index (χ1n) is 5.80. The number of rotatable bonds is 2. The molecule has 3 rings (SSSR count). The molecule has 94 valence electrons. The number of nitrogens with one attached hydrogen (secondary N) is 1. The highest BCUT2D eigenvalue weighted by Gasteiger charge is 2.05. The summed E-state index contributed by atoms with van der Waals surface area (Å²) in [5.74, 6) is -0.538. The second-order valence-electron chi connectivity index (χ2n) is 4.14. The molecular weight excluding hydrogens is 246 g/mol. The molecule has 0 amide bonds. The summed E-state index contributed by atoms with van der Waals surface area (Å²) in [4.78, 5) is 4.34. The normalized spacial score (nSPS) is 10.6. The molecule has 4 heteroatoms. The van der Waals surface area contributed by atoms with E-state index in [9.17, 15) is 8.78 Å². The molecule has 0 radical (unpaired) electrons. The fraction of sp³-hybridized carbons (Fsp3) is 0. The van der Waals surface area contributed by atoms with Gasteiger partial charge in [-0.05, 0) is 30.3 Å². The molecule has 1 aromatic heterocycles. The molecule has 0 aliphatic heterocycles. The van der Waals surface area contributed by atoms with E-state index in [1.807, 2.05) is 30.3 Å². The molecule has 0 bridgehead atoms. The van der Waals surface area contributed by atoms with Crippen LogP contribution in [0.2, 0.25) is 0 Å². The molecule has 0 fully saturated rings. The van der Waals surface area contributed by atoms with Crippen molar-refractivity contribution >= 4 is 22.4 Å². The van der Waals surface area contributed by atoms with Crippen LogP contribution in [0.4, 0.5) is 20.3 Å². The zero-order valence-corrected chi connectivity index (χ0v) is 9.90. The molecule has 1 heterocycles. The van der Waals surface area contributed by atoms with Gasteiger partial charge >= 0.3 is 0 Å². The molecule has 0 saturated heterocycles. The predicted octanol–water partition coefficient (Wildman–Crippen LogP) is 4.26. The Kier molecular flexibility index (Phi) is 2.83. The van der Waals surface area contributed by atoms with Crippen LogP contribution in [-0.4, -0.2) is 4.98 Å². The summed E-state index contributed by atoms with van der Waals surface area (Å²) in [5.41, 5.74) is 0.868. The Labute approximate surface area is 108 Å². The maximum absolute atomic E-state index is 13.5. The Morgan fingerprint density at radius 3 is 2.63 bits per heavy atom. The van der Waals surface area contributed by atoms with Crippen molar-refractivity contribution in [2.24, 2.45) is 0 Å². The Bertz CT molecular complexity index is 741. The predicted molar refractivity (Wildman–Crippen MR) is 71.4 cm³/mol. The molecule has 0 spiro atoms. The zero-order chi connectivity index (χ0) is 13.2. The van der Waals surface area contributed by atoms with Crippen LogP contribution in [0.1, 0.15) is 0 Å². The Balaban J connectivity index is 1.98. The summed E-state index contributed by atoms with van der Waals surface area (Å²) in [6.45, 7) is 0. The van der Waals surface area contributed by atoms with Gasteiger partial charge < -0.3 is 5.32 Å². The number of aromatic nitrogens is 1. The largest absolute Gasteiger partial charge is 0.338 e. The van der Waals surface area contributed by atoms with Crippen LogP contribution < -0.4 is 5.32 Å². The van der Waals surface area contributed by atoms with Gasteiger partial charge in [-0.2, -0.15) is 0 Å². The van der Waals surface area contributed by atoms with Crippen LogP contribution in [0.3, 0.4) is 0 Å². The first kappa shape index (κ1) is 11.6. The third-order valence-electron chi connectivity index (χ3n) is 2.79. The number of para-hydroxylation sites is 1. The highest BCUT2D eigenvalue weighted by Crippen LogP contribution is 2.21. The molecular formula is C15H10F2N2. The van der Waals surface area contributed by atoms with Gasteiger partial charge in [-0.1, -0.05) is 18.2 Å². The van der Waals surface area contributed by atoms with Crippen molar-refractivity contribution in [1.82, 2.24) is 4.98 Å². The van der Waals surface area contributed by atoms with E-state index in [-0.39, 0.29) is 5.69 Å². The number of benzene rings is 2. The van der Waals surface area contributed by atoms with Crippen molar-refractivity contribution in [3.8, 4) is 0 Å². The van der Waals surface area contributed by atoms with Crippen molar-refractivity contribution in [2.45, 2.75) is 0 Å². The Morgan fingerprint density at radius 1 is 0.895 bits per heavy atom. The molecule has 0 aliphatic rings. The van der Waals surface area contributed by atoms with E-state index in [0.717, 1.165) is 29.1 Å². The lowest BCUT2D eigenvalue weighted by atomic mass is 10.2. The van der Waals surface area contributed by atoms with Crippen LogP contribution in [-0.2, 0) is 0 Å². The number of hydrogen-bond acceptors (Lipinski definition) is 2. The van der Waals surface area contributed by atoms with Gasteiger partial charge in [-0.3, -0.25) is 0 Å². The van der Waals surface area contributed by atoms with E-state index in [4.69, 9.17) is 0 Å². The fourth-order valence-corrected chi connectivity index (χ4v) is 1.87. The molecule has 2 aromatic carbocycles. The average Bonchev–Trinajstić information content (AvgIpc) is 2.43. The molecule has 2 nitrogen and oxygen atoms in total. The van der Waals surface area contributed by atoms with Crippen LogP contribution >= 0.6 is 0 Å². The van der Waals surface area contributed by atoms with Crippen molar-refractivity contribution in [1.29, 1.82) is 0 Å². The molecule has 0 atom stereocenters. The average molecular weight is 256 g/mol. The monoisotopic (exact) mass is 256 g/mol. The van der Waals surface area contributed by atoms with Crippen molar-refractivity contribution < 1.29 is 8.78 Å². The van der Waals surface area contributed by atoms with Crippen LogP contribution in [0.5, 0.6) is 0 Å². The zero-order valence-electron chi connectivity index (χ0n) is 9.90. The Hall–Kier alpha value is -2.49. The lowest BCUT2D eigenvalue weighted by Gasteiger charge is -2.07. The van der Waals surface area contributed by atoms with Gasteiger partial charge in [0.05, 0.1) is 11.2 Å². The summed E-state index contributed by atoms with van der Waals surface area (Å²) in [6, 6.07) is 14.5. The maximum Gasteiger partial charge on any atom is 0.146 e. The van der Waals surface area contributed by atoms with E-state index >= 15 is 0 Å². The van der Waals surface area contributed by atoms with Crippen LogP contribution in [0.25, 0.3) is 10.9 Å². The first-order valence-corrected chi connectivity index (χ1v) is 5.80. The molecule has 19 heavy (non-hydrogen) atoms. The summed E-state index contributed by atoms with van der Waals surface area (Å²) in [7, 11) is 0. The Morgan fingerprint density at radius 2 is 1.74 bits per heavy atom. The van der Waals surface area contributed by atoms with Crippen molar-refractivity contribution in [3.05, 3.63) is 66.2 Å². The summed E-state index contributed by atoms with van der Waals surface area (Å²) >= 11 is 0. The second kappa shape index (κ2) is 4.65. The van der Waals surface area contributed by atoms with E-state index in [1.165, 1.54) is 0 Å². The SMILES string of the molecule is Fc1ccc(F)c(Nc2ccc3ccccc3n2)c1. The van der Waals surface area contributed by atoms with Crippen molar-refractivity contribution in [3.63, 3.8) is 0 Å². The summed E-state index contributed by atoms with van der Waals surface area (Å²) in [5, 5.41) is 3.77. The number of anilines is 2. The van der Waals surface area contributed by atoms with E-state index in [0.29, 0.717) is 5.82 Å². The number of fused-ring (bicyclic) bond motifs is 1. The number of pyridine rings is 1. The van der Waals surface area contributed by atoms with Gasteiger partial charge in [0.25, 0.3) is 0 Å². The second-order valence-corrected chi connectivity index (χ2v) is 4.14. The highest BCUT2D eigenvalue weighted by molar-refractivity contribution is 5.80. The molecule has 3 aromatic rings. The number of halogens is 2. The maximum atomic E-state index is 13.5. The van der Waals surface area contributed by atoms with Gasteiger partial charge in [-0.15, -0.1) is 0 Å². The molecule has 0 unspecified atom stereocenters. The molecule has 1 N–H and O–H groups in total. The topological polar surface area (TPSA) is 24.9 Å². The lowest BCUT2D eigenvalue weighted by Crippen LogP contribution is -1.97. The van der Waals surface area contributed by atoms with Crippen LogP contribution in [0, 0.1) is 11.6 Å². The first-order chi connectivity index (χ1) is 9.22. The minimum absolute atomic E-state index is 0.0720. The smallest absolute Gasteiger partial charge is 0.146 e. The van der Waals surface area contributed by atoms with Gasteiger partial charge in [0.15, 0.2) is 0 Å². The third-order valence-corrected chi connectivity index (χ3v) is 2.79. The quantitative estimate of drug-likeness (QED) is 0.741. The highest BCUT2D eigenvalue weighted by atomic mass is 19.1. The fourth-order valence-electron chi connectivity index (χ4n) is 1.87. The van der Waals surface area contributed by atoms with Crippen molar-refractivity contribution in [2.75, 3.05) is 5.32 Å². The van der Waals surface area contributed by atoms with E-state index < -0.39 is 11.6 Å². The minimum atomic E-state index is -0.517. The lowest BCUT2D eigenvalue weighted by molar-refractivity contribution is 0.603. The van der Waals surface area contributed by atoms with Gasteiger partial charge in [-0.25, -0.2) is 13.8 Å². The molecule has 0 aliphatic carbocycles. The summed E-state index contributed by atoms with van der Waals surface area (Å²) < 4.78 is 26.6. The van der Waals surface area contributed by atoms with E-state index in [1.54, 1.807) is 6.07 Å². The third kappa shape index (κ3) is 2.38. The van der Waals surface area contributed by atoms with Gasteiger partial charge in [0.1, 0.15) is 17.5 Å². The van der Waals surface area contributed by atoms with E-state index in [2.05, 4.69) is 10.3 Å². The van der Waals surface area contributed by atoms with Gasteiger partial charge in [0.2, 0.25) is 0 Å². The molecule has 0 saturated carbocycles. The standard InChI is InChI=1S/C15H10F2N2/c16-11-6-7-12(17)14(9-11)19-15-8-5-10-3-1-2-4-13(10)18-15/h1-9H,(H,18,19). The minimum Gasteiger partial charge on any atom is -0.338 e. The van der Waals surface area contributed by atoms with Gasteiger partial charge in [0, 0.05) is 11.5 Å². The van der Waals surface area contributed by atoms with Crippen LogP contribution in [0.15, 0.2) is 54.6 Å².